The number of rotatable bonds is 3. The summed E-state index contributed by atoms with van der Waals surface area (Å²) >= 11 is 0. The normalized spacial score (nSPS) is 27.9. The van der Waals surface area contributed by atoms with Crippen molar-refractivity contribution in [1.29, 1.82) is 0 Å². The van der Waals surface area contributed by atoms with Gasteiger partial charge < -0.3 is 10.5 Å². The third kappa shape index (κ3) is 2.80. The molecule has 1 aliphatic heterocycles. The van der Waals surface area contributed by atoms with Crippen LogP contribution in [0.2, 0.25) is 0 Å². The van der Waals surface area contributed by atoms with Gasteiger partial charge in [0, 0.05) is 6.04 Å². The molecule has 1 heterocycles. The van der Waals surface area contributed by atoms with Gasteiger partial charge in [0.15, 0.2) is 0 Å². The van der Waals surface area contributed by atoms with Crippen molar-refractivity contribution in [1.82, 2.24) is 0 Å². The smallest absolute Gasteiger partial charge is 0.0597 e. The largest absolute Gasteiger partial charge is 0.375 e. The van der Waals surface area contributed by atoms with Crippen LogP contribution in [0, 0.1) is 0 Å². The van der Waals surface area contributed by atoms with E-state index in [-0.39, 0.29) is 6.04 Å². The van der Waals surface area contributed by atoms with Crippen molar-refractivity contribution in [3.8, 4) is 0 Å². The summed E-state index contributed by atoms with van der Waals surface area (Å²) in [5, 5.41) is 0. The Morgan fingerprint density at radius 2 is 2.07 bits per heavy atom. The number of nitrogens with two attached hydrogens (primary N) is 1. The summed E-state index contributed by atoms with van der Waals surface area (Å²) in [4.78, 5) is 0. The first-order chi connectivity index (χ1) is 7.25. The zero-order valence-electron chi connectivity index (χ0n) is 9.23. The van der Waals surface area contributed by atoms with Gasteiger partial charge in [-0.15, -0.1) is 0 Å². The minimum absolute atomic E-state index is 0.112. The zero-order chi connectivity index (χ0) is 10.7. The van der Waals surface area contributed by atoms with Crippen molar-refractivity contribution >= 4 is 0 Å². The van der Waals surface area contributed by atoms with E-state index < -0.39 is 0 Å². The summed E-state index contributed by atoms with van der Waals surface area (Å²) in [5.41, 5.74) is 7.35. The Hall–Kier alpha value is -0.860. The highest BCUT2D eigenvalue weighted by Crippen LogP contribution is 2.26. The molecule has 1 aromatic carbocycles. The molecule has 2 heteroatoms. The van der Waals surface area contributed by atoms with E-state index in [9.17, 15) is 0 Å². The van der Waals surface area contributed by atoms with E-state index in [1.165, 1.54) is 12.0 Å². The Kier molecular flexibility index (Phi) is 3.39. The molecule has 2 rings (SSSR count). The maximum Gasteiger partial charge on any atom is 0.0597 e. The Morgan fingerprint density at radius 1 is 1.33 bits per heavy atom. The number of hydrogen-bond donors (Lipinski definition) is 1. The molecule has 82 valence electrons. The van der Waals surface area contributed by atoms with Crippen LogP contribution in [0.3, 0.4) is 0 Å². The summed E-state index contributed by atoms with van der Waals surface area (Å²) in [6.45, 7) is 2.13. The van der Waals surface area contributed by atoms with Gasteiger partial charge >= 0.3 is 0 Å². The Balaban J connectivity index is 1.90. The van der Waals surface area contributed by atoms with Gasteiger partial charge in [-0.25, -0.2) is 0 Å². The van der Waals surface area contributed by atoms with E-state index in [2.05, 4.69) is 19.1 Å². The molecule has 1 aliphatic rings. The summed E-state index contributed by atoms with van der Waals surface area (Å²) in [6.07, 6.45) is 4.04. The highest BCUT2D eigenvalue weighted by atomic mass is 16.5. The second-order valence-corrected chi connectivity index (χ2v) is 4.40. The van der Waals surface area contributed by atoms with E-state index in [1.807, 2.05) is 18.2 Å². The lowest BCUT2D eigenvalue weighted by Crippen LogP contribution is -2.19. The zero-order valence-corrected chi connectivity index (χ0v) is 9.23. The molecule has 2 N–H and O–H groups in total. The van der Waals surface area contributed by atoms with E-state index in [4.69, 9.17) is 10.5 Å². The van der Waals surface area contributed by atoms with Crippen LogP contribution in [0.5, 0.6) is 0 Å². The number of ether oxygens (including phenoxy) is 1. The van der Waals surface area contributed by atoms with Crippen molar-refractivity contribution in [2.45, 2.75) is 44.4 Å². The lowest BCUT2D eigenvalue weighted by Gasteiger charge is -2.17. The molecule has 3 unspecified atom stereocenters. The van der Waals surface area contributed by atoms with E-state index in [0.717, 1.165) is 12.8 Å². The first-order valence-corrected chi connectivity index (χ1v) is 5.71. The number of hydrogen-bond acceptors (Lipinski definition) is 2. The Morgan fingerprint density at radius 3 is 2.67 bits per heavy atom. The molecule has 1 aromatic rings. The lowest BCUT2D eigenvalue weighted by atomic mass is 10.0. The van der Waals surface area contributed by atoms with Crippen LogP contribution < -0.4 is 5.73 Å². The van der Waals surface area contributed by atoms with Crippen molar-refractivity contribution in [3.05, 3.63) is 35.9 Å². The first kappa shape index (κ1) is 10.7. The topological polar surface area (TPSA) is 35.2 Å². The molecule has 0 radical (unpaired) electrons. The molecule has 0 spiro atoms. The molecule has 2 nitrogen and oxygen atoms in total. The standard InChI is InChI=1S/C13H19NO/c1-10-7-8-12(15-10)9-13(14)11-5-3-2-4-6-11/h2-6,10,12-13H,7-9,14H2,1H3. The van der Waals surface area contributed by atoms with Crippen LogP contribution in [-0.2, 0) is 4.74 Å². The van der Waals surface area contributed by atoms with Gasteiger partial charge in [-0.1, -0.05) is 30.3 Å². The molecule has 0 saturated carbocycles. The van der Waals surface area contributed by atoms with Gasteiger partial charge in [0.05, 0.1) is 12.2 Å². The molecule has 1 fully saturated rings. The lowest BCUT2D eigenvalue weighted by molar-refractivity contribution is 0.0470. The van der Waals surface area contributed by atoms with E-state index >= 15 is 0 Å². The van der Waals surface area contributed by atoms with Crippen LogP contribution in [-0.4, -0.2) is 12.2 Å². The van der Waals surface area contributed by atoms with Gasteiger partial charge in [0.2, 0.25) is 0 Å². The fraction of sp³-hybridized carbons (Fsp3) is 0.538. The van der Waals surface area contributed by atoms with Gasteiger partial charge in [-0.3, -0.25) is 0 Å². The highest BCUT2D eigenvalue weighted by molar-refractivity contribution is 5.18. The van der Waals surface area contributed by atoms with Crippen molar-refractivity contribution in [3.63, 3.8) is 0 Å². The summed E-state index contributed by atoms with van der Waals surface area (Å²) < 4.78 is 5.77. The second kappa shape index (κ2) is 4.77. The van der Waals surface area contributed by atoms with Gasteiger partial charge in [0.25, 0.3) is 0 Å². The van der Waals surface area contributed by atoms with Crippen molar-refractivity contribution in [2.75, 3.05) is 0 Å². The van der Waals surface area contributed by atoms with Gasteiger partial charge in [-0.2, -0.15) is 0 Å². The Labute approximate surface area is 91.4 Å². The molecule has 0 aromatic heterocycles. The molecule has 3 atom stereocenters. The van der Waals surface area contributed by atoms with Gasteiger partial charge in [0.1, 0.15) is 0 Å². The van der Waals surface area contributed by atoms with Crippen molar-refractivity contribution in [2.24, 2.45) is 5.73 Å². The quantitative estimate of drug-likeness (QED) is 0.823. The summed E-state index contributed by atoms with van der Waals surface area (Å²) in [5.74, 6) is 0. The third-order valence-electron chi connectivity index (χ3n) is 3.06. The minimum atomic E-state index is 0.112. The minimum Gasteiger partial charge on any atom is -0.375 e. The van der Waals surface area contributed by atoms with Crippen molar-refractivity contribution < 1.29 is 4.74 Å². The third-order valence-corrected chi connectivity index (χ3v) is 3.06. The second-order valence-electron chi connectivity index (χ2n) is 4.40. The first-order valence-electron chi connectivity index (χ1n) is 5.71. The van der Waals surface area contributed by atoms with E-state index in [0.29, 0.717) is 12.2 Å². The van der Waals surface area contributed by atoms with Crippen LogP contribution in [0.1, 0.15) is 37.8 Å². The van der Waals surface area contributed by atoms with Crippen LogP contribution >= 0.6 is 0 Å². The van der Waals surface area contributed by atoms with Crippen LogP contribution in [0.25, 0.3) is 0 Å². The molecule has 0 aliphatic carbocycles. The van der Waals surface area contributed by atoms with Crippen LogP contribution in [0.15, 0.2) is 30.3 Å². The SMILES string of the molecule is CC1CCC(CC(N)c2ccccc2)O1. The molecular formula is C13H19NO. The van der Waals surface area contributed by atoms with Gasteiger partial charge in [-0.05, 0) is 31.7 Å². The predicted molar refractivity (Wildman–Crippen MR) is 61.6 cm³/mol. The highest BCUT2D eigenvalue weighted by Gasteiger charge is 2.23. The molecule has 0 amide bonds. The molecule has 15 heavy (non-hydrogen) atoms. The predicted octanol–water partition coefficient (Wildman–Crippen LogP) is 2.64. The maximum atomic E-state index is 6.14. The fourth-order valence-corrected chi connectivity index (χ4v) is 2.18. The molecular weight excluding hydrogens is 186 g/mol. The van der Waals surface area contributed by atoms with E-state index in [1.54, 1.807) is 0 Å². The summed E-state index contributed by atoms with van der Waals surface area (Å²) in [7, 11) is 0. The average molecular weight is 205 g/mol. The molecule has 0 bridgehead atoms. The molecule has 1 saturated heterocycles. The summed E-state index contributed by atoms with van der Waals surface area (Å²) in [6, 6.07) is 10.4. The monoisotopic (exact) mass is 205 g/mol. The maximum absolute atomic E-state index is 6.14. The number of benzene rings is 1. The Bertz CT molecular complexity index is 299. The van der Waals surface area contributed by atoms with Crippen LogP contribution in [0.4, 0.5) is 0 Å². The fourth-order valence-electron chi connectivity index (χ4n) is 2.18. The average Bonchev–Trinajstić information content (AvgIpc) is 2.65.